The van der Waals surface area contributed by atoms with E-state index in [2.05, 4.69) is 9.88 Å². The molecule has 112 valence electrons. The van der Waals surface area contributed by atoms with Gasteiger partial charge < -0.3 is 5.11 Å². The summed E-state index contributed by atoms with van der Waals surface area (Å²) in [4.78, 5) is 30.0. The molecule has 1 unspecified atom stereocenters. The molecule has 7 heteroatoms. The zero-order valence-corrected chi connectivity index (χ0v) is 12.4. The van der Waals surface area contributed by atoms with Crippen LogP contribution in [0.15, 0.2) is 22.4 Å². The first kappa shape index (κ1) is 14.2. The molecule has 0 amide bonds. The molecular weight excluding hydrogens is 290 g/mol. The summed E-state index contributed by atoms with van der Waals surface area (Å²) in [6, 6.07) is 1.59. The summed E-state index contributed by atoms with van der Waals surface area (Å²) in [5, 5.41) is 10.6. The van der Waals surface area contributed by atoms with E-state index >= 15 is 0 Å². The van der Waals surface area contributed by atoms with Crippen LogP contribution in [-0.2, 0) is 11.3 Å². The van der Waals surface area contributed by atoms with Gasteiger partial charge in [0.05, 0.1) is 5.69 Å². The fraction of sp³-hybridized carbons (Fsp3) is 0.500. The summed E-state index contributed by atoms with van der Waals surface area (Å²) in [7, 11) is 0. The molecule has 1 N–H and O–H groups in total. The topological polar surface area (TPSA) is 74.9 Å². The second kappa shape index (κ2) is 5.95. The number of hydrogen-bond acceptors (Lipinski definition) is 5. The Balaban J connectivity index is 1.63. The van der Waals surface area contributed by atoms with E-state index in [4.69, 9.17) is 5.11 Å². The molecule has 21 heavy (non-hydrogen) atoms. The van der Waals surface area contributed by atoms with E-state index < -0.39 is 5.97 Å². The normalized spacial score (nSPS) is 19.3. The number of aromatic nitrogens is 2. The first-order chi connectivity index (χ1) is 10.1. The van der Waals surface area contributed by atoms with Crippen LogP contribution < -0.4 is 5.56 Å². The smallest absolute Gasteiger partial charge is 0.303 e. The first-order valence-electron chi connectivity index (χ1n) is 7.02. The van der Waals surface area contributed by atoms with Crippen molar-refractivity contribution >= 4 is 22.3 Å². The van der Waals surface area contributed by atoms with Crippen LogP contribution in [0.2, 0.25) is 0 Å². The summed E-state index contributed by atoms with van der Waals surface area (Å²) < 4.78 is 1.55. The molecule has 0 radical (unpaired) electrons. The Kier molecular flexibility index (Phi) is 4.03. The molecule has 0 aliphatic carbocycles. The Hall–Kier alpha value is -1.73. The molecule has 1 aliphatic rings. The number of hydrogen-bond donors (Lipinski definition) is 1. The third-order valence-electron chi connectivity index (χ3n) is 3.88. The standard InChI is InChI=1S/C14H17N3O3S/c18-12-7-11(15-14-17(12)5-6-21-14)9-16-4-3-10(8-16)1-2-13(19)20/h5-7,10H,1-4,8-9H2,(H,19,20). The first-order valence-corrected chi connectivity index (χ1v) is 7.90. The zero-order chi connectivity index (χ0) is 14.8. The molecule has 0 aromatic carbocycles. The van der Waals surface area contributed by atoms with Gasteiger partial charge in [-0.25, -0.2) is 4.98 Å². The highest BCUT2D eigenvalue weighted by atomic mass is 32.1. The van der Waals surface area contributed by atoms with E-state index in [1.165, 1.54) is 11.3 Å². The summed E-state index contributed by atoms with van der Waals surface area (Å²) in [5.74, 6) is -0.293. The molecule has 0 saturated carbocycles. The van der Waals surface area contributed by atoms with Crippen molar-refractivity contribution in [3.8, 4) is 0 Å². The highest BCUT2D eigenvalue weighted by Crippen LogP contribution is 2.22. The average Bonchev–Trinajstić information content (AvgIpc) is 3.05. The molecule has 3 rings (SSSR count). The third-order valence-corrected chi connectivity index (χ3v) is 4.63. The number of aliphatic carboxylic acids is 1. The molecule has 2 aromatic rings. The average molecular weight is 307 g/mol. The van der Waals surface area contributed by atoms with E-state index in [1.54, 1.807) is 16.7 Å². The lowest BCUT2D eigenvalue weighted by molar-refractivity contribution is -0.137. The molecule has 2 aromatic heterocycles. The monoisotopic (exact) mass is 307 g/mol. The molecular formula is C14H17N3O3S. The number of carboxylic acid groups (broad SMARTS) is 1. The molecule has 0 bridgehead atoms. The molecule has 1 saturated heterocycles. The van der Waals surface area contributed by atoms with Gasteiger partial charge in [-0.15, -0.1) is 11.3 Å². The minimum absolute atomic E-state index is 0.0436. The van der Waals surface area contributed by atoms with Gasteiger partial charge in [0.25, 0.3) is 5.56 Å². The minimum atomic E-state index is -0.730. The molecule has 1 fully saturated rings. The maximum atomic E-state index is 11.9. The summed E-state index contributed by atoms with van der Waals surface area (Å²) in [6.45, 7) is 2.49. The Bertz CT molecular complexity index is 709. The van der Waals surface area contributed by atoms with Crippen molar-refractivity contribution < 1.29 is 9.90 Å². The van der Waals surface area contributed by atoms with Crippen molar-refractivity contribution in [1.29, 1.82) is 0 Å². The van der Waals surface area contributed by atoms with Crippen LogP contribution in [0.4, 0.5) is 0 Å². The number of nitrogens with zero attached hydrogens (tertiary/aromatic N) is 3. The summed E-state index contributed by atoms with van der Waals surface area (Å²) >= 11 is 1.45. The SMILES string of the molecule is O=C(O)CCC1CCN(Cc2cc(=O)n3ccsc3n2)C1. The predicted octanol–water partition coefficient (Wildman–Crippen LogP) is 1.44. The second-order valence-corrected chi connectivity index (χ2v) is 6.34. The second-order valence-electron chi connectivity index (χ2n) is 5.46. The van der Waals surface area contributed by atoms with E-state index in [0.29, 0.717) is 12.5 Å². The number of fused-ring (bicyclic) bond motifs is 1. The van der Waals surface area contributed by atoms with Crippen molar-refractivity contribution in [2.75, 3.05) is 13.1 Å². The van der Waals surface area contributed by atoms with Gasteiger partial charge in [-0.3, -0.25) is 18.9 Å². The maximum Gasteiger partial charge on any atom is 0.303 e. The summed E-state index contributed by atoms with van der Waals surface area (Å²) in [5.41, 5.74) is 0.749. The van der Waals surface area contributed by atoms with Crippen LogP contribution in [0.3, 0.4) is 0 Å². The van der Waals surface area contributed by atoms with Gasteiger partial charge in [-0.2, -0.15) is 0 Å². The lowest BCUT2D eigenvalue weighted by Crippen LogP contribution is -2.23. The zero-order valence-electron chi connectivity index (χ0n) is 11.6. The van der Waals surface area contributed by atoms with Crippen LogP contribution >= 0.6 is 11.3 Å². The van der Waals surface area contributed by atoms with Gasteiger partial charge in [0.2, 0.25) is 0 Å². The number of likely N-dealkylation sites (tertiary alicyclic amines) is 1. The fourth-order valence-electron chi connectivity index (χ4n) is 2.82. The van der Waals surface area contributed by atoms with Gasteiger partial charge in [0.1, 0.15) is 0 Å². The number of carbonyl (C=O) groups is 1. The highest BCUT2D eigenvalue weighted by Gasteiger charge is 2.23. The number of carboxylic acids is 1. The van der Waals surface area contributed by atoms with Crippen molar-refractivity contribution in [2.45, 2.75) is 25.8 Å². The lowest BCUT2D eigenvalue weighted by Gasteiger charge is -2.15. The third kappa shape index (κ3) is 3.30. The quantitative estimate of drug-likeness (QED) is 0.905. The fourth-order valence-corrected chi connectivity index (χ4v) is 3.56. The van der Waals surface area contributed by atoms with Crippen LogP contribution in [-0.4, -0.2) is 38.4 Å². The van der Waals surface area contributed by atoms with Gasteiger partial charge in [-0.05, 0) is 25.3 Å². The Morgan fingerprint density at radius 2 is 2.38 bits per heavy atom. The van der Waals surface area contributed by atoms with Crippen molar-refractivity contribution in [3.05, 3.63) is 33.7 Å². The molecule has 0 spiro atoms. The van der Waals surface area contributed by atoms with Crippen LogP contribution in [0.1, 0.15) is 25.0 Å². The minimum Gasteiger partial charge on any atom is -0.481 e. The molecule has 6 nitrogen and oxygen atoms in total. The molecule has 3 heterocycles. The van der Waals surface area contributed by atoms with Crippen LogP contribution in [0.25, 0.3) is 4.96 Å². The predicted molar refractivity (Wildman–Crippen MR) is 79.6 cm³/mol. The Morgan fingerprint density at radius 3 is 3.19 bits per heavy atom. The lowest BCUT2D eigenvalue weighted by atomic mass is 10.0. The van der Waals surface area contributed by atoms with Gasteiger partial charge in [0, 0.05) is 37.2 Å². The largest absolute Gasteiger partial charge is 0.481 e. The van der Waals surface area contributed by atoms with Crippen molar-refractivity contribution in [2.24, 2.45) is 5.92 Å². The Morgan fingerprint density at radius 1 is 1.52 bits per heavy atom. The molecule has 1 atom stereocenters. The van der Waals surface area contributed by atoms with Crippen LogP contribution in [0, 0.1) is 5.92 Å². The van der Waals surface area contributed by atoms with E-state index in [-0.39, 0.29) is 12.0 Å². The van der Waals surface area contributed by atoms with Crippen LogP contribution in [0.5, 0.6) is 0 Å². The van der Waals surface area contributed by atoms with Crippen molar-refractivity contribution in [3.63, 3.8) is 0 Å². The van der Waals surface area contributed by atoms with E-state index in [9.17, 15) is 9.59 Å². The van der Waals surface area contributed by atoms with Gasteiger partial charge in [0.15, 0.2) is 4.96 Å². The summed E-state index contributed by atoms with van der Waals surface area (Å²) in [6.07, 6.45) is 3.72. The number of thiazole rings is 1. The highest BCUT2D eigenvalue weighted by molar-refractivity contribution is 7.15. The molecule has 1 aliphatic heterocycles. The van der Waals surface area contributed by atoms with Gasteiger partial charge in [-0.1, -0.05) is 0 Å². The van der Waals surface area contributed by atoms with E-state index in [1.807, 2.05) is 5.38 Å². The maximum absolute atomic E-state index is 11.9. The van der Waals surface area contributed by atoms with Crippen molar-refractivity contribution in [1.82, 2.24) is 14.3 Å². The van der Waals surface area contributed by atoms with Gasteiger partial charge >= 0.3 is 5.97 Å². The Labute approximate surface area is 125 Å². The van der Waals surface area contributed by atoms with E-state index in [0.717, 1.165) is 36.6 Å². The number of rotatable bonds is 5.